The first-order chi connectivity index (χ1) is 15.9. The van der Waals surface area contributed by atoms with Crippen molar-refractivity contribution in [3.05, 3.63) is 66.4 Å². The molecular weight excluding hydrogens is 429 g/mol. The van der Waals surface area contributed by atoms with E-state index in [0.717, 1.165) is 6.20 Å². The molecule has 1 fully saturated rings. The number of pyridine rings is 2. The molecule has 2 N–H and O–H groups in total. The van der Waals surface area contributed by atoms with E-state index in [-0.39, 0.29) is 18.1 Å². The second-order valence-electron chi connectivity index (χ2n) is 7.57. The maximum Gasteiger partial charge on any atom is 0.262 e. The molecule has 166 valence electrons. The summed E-state index contributed by atoms with van der Waals surface area (Å²) in [6, 6.07) is 11.3. The van der Waals surface area contributed by atoms with Gasteiger partial charge in [0.25, 0.3) is 5.91 Å². The normalized spacial score (nSPS) is 18.0. The van der Waals surface area contributed by atoms with Gasteiger partial charge in [0.15, 0.2) is 5.76 Å². The molecule has 11 heteroatoms. The Labute approximate surface area is 187 Å². The molecule has 4 aromatic rings. The van der Waals surface area contributed by atoms with Gasteiger partial charge in [-0.2, -0.15) is 0 Å². The molecule has 5 rings (SSSR count). The van der Waals surface area contributed by atoms with Crippen LogP contribution in [0.25, 0.3) is 22.8 Å². The van der Waals surface area contributed by atoms with Crippen molar-refractivity contribution in [3.63, 3.8) is 0 Å². The molecule has 33 heavy (non-hydrogen) atoms. The summed E-state index contributed by atoms with van der Waals surface area (Å²) in [5.74, 6) is -0.115. The van der Waals surface area contributed by atoms with Crippen LogP contribution in [-0.4, -0.2) is 54.6 Å². The van der Waals surface area contributed by atoms with Gasteiger partial charge < -0.3 is 19.8 Å². The Hall–Kier alpha value is -4.25. The van der Waals surface area contributed by atoms with Crippen LogP contribution >= 0.6 is 0 Å². The van der Waals surface area contributed by atoms with Gasteiger partial charge in [0.05, 0.1) is 23.3 Å². The molecule has 5 heterocycles. The van der Waals surface area contributed by atoms with Crippen LogP contribution in [-0.2, 0) is 10.4 Å². The zero-order valence-electron chi connectivity index (χ0n) is 17.4. The average Bonchev–Trinajstić information content (AvgIpc) is 3.43. The van der Waals surface area contributed by atoms with Crippen LogP contribution in [0.5, 0.6) is 0 Å². The number of likely N-dealkylation sites (tertiary alicyclic amines) is 1. The third-order valence-corrected chi connectivity index (χ3v) is 5.32. The number of likely N-dealkylation sites (N-methyl/N-ethyl adjacent to an activating group) is 1. The lowest BCUT2D eigenvalue weighted by Gasteiger charge is -2.16. The van der Waals surface area contributed by atoms with E-state index in [1.807, 2.05) is 0 Å². The number of carbonyl (C=O) groups excluding carboxylic acids is 1. The van der Waals surface area contributed by atoms with Gasteiger partial charge in [-0.05, 0) is 30.3 Å². The first-order valence-corrected chi connectivity index (χ1v) is 10.1. The van der Waals surface area contributed by atoms with E-state index < -0.39 is 17.3 Å². The highest BCUT2D eigenvalue weighted by Crippen LogP contribution is 2.34. The van der Waals surface area contributed by atoms with Crippen molar-refractivity contribution in [2.45, 2.75) is 12.0 Å². The smallest absolute Gasteiger partial charge is 0.262 e. The molecule has 4 aromatic heterocycles. The minimum atomic E-state index is -1.72. The Morgan fingerprint density at radius 2 is 1.88 bits per heavy atom. The number of halogens is 1. The SMILES string of the molecule is CN1CC[C@@](O)(c2cc(-c3cccc(-c4ccnc(Nc5ccc(F)cn5)n4)n3)no2)C1=O. The van der Waals surface area contributed by atoms with Gasteiger partial charge in [-0.15, -0.1) is 0 Å². The summed E-state index contributed by atoms with van der Waals surface area (Å²) in [6.45, 7) is 0.427. The van der Waals surface area contributed by atoms with Crippen LogP contribution < -0.4 is 5.32 Å². The number of nitrogens with one attached hydrogen (secondary N) is 1. The van der Waals surface area contributed by atoms with Crippen LogP contribution in [0.4, 0.5) is 16.2 Å². The van der Waals surface area contributed by atoms with Gasteiger partial charge in [-0.1, -0.05) is 11.2 Å². The van der Waals surface area contributed by atoms with Gasteiger partial charge in [-0.25, -0.2) is 24.3 Å². The van der Waals surface area contributed by atoms with E-state index in [1.165, 1.54) is 23.1 Å². The van der Waals surface area contributed by atoms with Crippen molar-refractivity contribution in [3.8, 4) is 22.8 Å². The zero-order chi connectivity index (χ0) is 23.0. The van der Waals surface area contributed by atoms with Crippen LogP contribution in [0, 0.1) is 5.82 Å². The summed E-state index contributed by atoms with van der Waals surface area (Å²) in [5.41, 5.74) is 0.222. The highest BCUT2D eigenvalue weighted by molar-refractivity contribution is 5.87. The number of aliphatic hydroxyl groups is 1. The van der Waals surface area contributed by atoms with E-state index in [0.29, 0.717) is 35.1 Å². The summed E-state index contributed by atoms with van der Waals surface area (Å²) in [7, 11) is 1.62. The lowest BCUT2D eigenvalue weighted by atomic mass is 9.98. The molecule has 0 bridgehead atoms. The Morgan fingerprint density at radius 3 is 2.61 bits per heavy atom. The molecule has 0 aliphatic carbocycles. The lowest BCUT2D eigenvalue weighted by molar-refractivity contribution is -0.144. The largest absolute Gasteiger partial charge is 0.373 e. The van der Waals surface area contributed by atoms with Crippen molar-refractivity contribution >= 4 is 17.7 Å². The van der Waals surface area contributed by atoms with E-state index in [2.05, 4.69) is 30.4 Å². The van der Waals surface area contributed by atoms with Crippen molar-refractivity contribution in [2.75, 3.05) is 18.9 Å². The summed E-state index contributed by atoms with van der Waals surface area (Å²) < 4.78 is 18.4. The molecule has 1 amide bonds. The number of hydrogen-bond acceptors (Lipinski definition) is 9. The number of anilines is 2. The maximum atomic E-state index is 13.1. The fraction of sp³-hybridized carbons (Fsp3) is 0.182. The van der Waals surface area contributed by atoms with Crippen LogP contribution in [0.3, 0.4) is 0 Å². The Balaban J connectivity index is 1.41. The van der Waals surface area contributed by atoms with Gasteiger partial charge in [-0.3, -0.25) is 4.79 Å². The number of amides is 1. The number of carbonyl (C=O) groups is 1. The first kappa shape index (κ1) is 20.6. The highest BCUT2D eigenvalue weighted by Gasteiger charge is 2.48. The molecule has 0 spiro atoms. The van der Waals surface area contributed by atoms with Crippen LogP contribution in [0.2, 0.25) is 0 Å². The second kappa shape index (κ2) is 8.02. The second-order valence-corrected chi connectivity index (χ2v) is 7.57. The topological polar surface area (TPSA) is 130 Å². The Kier molecular flexibility index (Phi) is 5.02. The summed E-state index contributed by atoms with van der Waals surface area (Å²) in [6.07, 6.45) is 2.88. The van der Waals surface area contributed by atoms with Gasteiger partial charge in [0.2, 0.25) is 11.5 Å². The Bertz CT molecular complexity index is 1330. The highest BCUT2D eigenvalue weighted by atomic mass is 19.1. The standard InChI is InChI=1S/C22H18FN7O3/c1-30-10-8-22(32,20(30)31)18-11-17(29-33-18)15-4-2-3-14(26-15)16-7-9-24-21(27-16)28-19-6-5-13(23)12-25-19/h2-7,9,11-12,32H,8,10H2,1H3,(H,24,25,27,28)/t22-/m1/s1. The van der Waals surface area contributed by atoms with E-state index in [4.69, 9.17) is 4.52 Å². The summed E-state index contributed by atoms with van der Waals surface area (Å²) >= 11 is 0. The fourth-order valence-corrected chi connectivity index (χ4v) is 3.52. The lowest BCUT2D eigenvalue weighted by Crippen LogP contribution is -2.35. The van der Waals surface area contributed by atoms with Gasteiger partial charge in [0.1, 0.15) is 17.3 Å². The first-order valence-electron chi connectivity index (χ1n) is 10.1. The molecular formula is C22H18FN7O3. The van der Waals surface area contributed by atoms with Crippen LogP contribution in [0.1, 0.15) is 12.2 Å². The third-order valence-electron chi connectivity index (χ3n) is 5.32. The van der Waals surface area contributed by atoms with Crippen molar-refractivity contribution in [2.24, 2.45) is 0 Å². The van der Waals surface area contributed by atoms with Crippen molar-refractivity contribution in [1.82, 2.24) is 30.0 Å². The van der Waals surface area contributed by atoms with Crippen molar-refractivity contribution < 1.29 is 18.8 Å². The molecule has 1 aliphatic rings. The van der Waals surface area contributed by atoms with Crippen LogP contribution in [0.15, 0.2) is 59.4 Å². The molecule has 0 unspecified atom stereocenters. The third kappa shape index (κ3) is 3.89. The predicted octanol–water partition coefficient (Wildman–Crippen LogP) is 2.52. The Morgan fingerprint density at radius 1 is 1.09 bits per heavy atom. The van der Waals surface area contributed by atoms with Gasteiger partial charge in [0, 0.05) is 32.3 Å². The van der Waals surface area contributed by atoms with Crippen molar-refractivity contribution in [1.29, 1.82) is 0 Å². The minimum absolute atomic E-state index is 0.0828. The van der Waals surface area contributed by atoms with E-state index in [9.17, 15) is 14.3 Å². The van der Waals surface area contributed by atoms with E-state index in [1.54, 1.807) is 37.5 Å². The molecule has 10 nitrogen and oxygen atoms in total. The fourth-order valence-electron chi connectivity index (χ4n) is 3.52. The maximum absolute atomic E-state index is 13.1. The predicted molar refractivity (Wildman–Crippen MR) is 114 cm³/mol. The molecule has 1 atom stereocenters. The zero-order valence-corrected chi connectivity index (χ0v) is 17.4. The number of aromatic nitrogens is 5. The number of rotatable bonds is 5. The average molecular weight is 447 g/mol. The molecule has 0 aromatic carbocycles. The van der Waals surface area contributed by atoms with E-state index >= 15 is 0 Å². The van der Waals surface area contributed by atoms with Gasteiger partial charge >= 0.3 is 0 Å². The molecule has 1 saturated heterocycles. The number of nitrogens with zero attached hydrogens (tertiary/aromatic N) is 6. The summed E-state index contributed by atoms with van der Waals surface area (Å²) in [5, 5.41) is 17.7. The molecule has 0 saturated carbocycles. The molecule has 1 aliphatic heterocycles. The molecule has 0 radical (unpaired) electrons. The quantitative estimate of drug-likeness (QED) is 0.474. The number of hydrogen-bond donors (Lipinski definition) is 2. The summed E-state index contributed by atoms with van der Waals surface area (Å²) in [4.78, 5) is 30.9. The monoisotopic (exact) mass is 447 g/mol. The minimum Gasteiger partial charge on any atom is -0.373 e.